The Bertz CT molecular complexity index is 184. The molecule has 0 aromatic carbocycles. The average molecular weight is 129 g/mol. The van der Waals surface area contributed by atoms with Crippen molar-refractivity contribution in [1.82, 2.24) is 9.78 Å². The molecule has 1 rings (SSSR count). The maximum Gasteiger partial charge on any atom is 0.145 e. The van der Waals surface area contributed by atoms with Gasteiger partial charge < -0.3 is 5.73 Å². The Kier molecular flexibility index (Phi) is 1.67. The van der Waals surface area contributed by atoms with Crippen molar-refractivity contribution < 1.29 is 4.39 Å². The van der Waals surface area contributed by atoms with Gasteiger partial charge in [-0.1, -0.05) is 0 Å². The molecule has 0 bridgehead atoms. The van der Waals surface area contributed by atoms with E-state index < -0.39 is 6.67 Å². The normalized spacial score (nSPS) is 9.89. The highest BCUT2D eigenvalue weighted by Crippen LogP contribution is 1.94. The number of nitrogens with zero attached hydrogens (tertiary/aromatic N) is 2. The zero-order valence-electron chi connectivity index (χ0n) is 4.92. The lowest BCUT2D eigenvalue weighted by atomic mass is 10.6. The number of aromatic nitrogens is 2. The van der Waals surface area contributed by atoms with Gasteiger partial charge in [0.1, 0.15) is 12.5 Å². The molecule has 1 aromatic heterocycles. The van der Waals surface area contributed by atoms with Crippen molar-refractivity contribution in [2.75, 3.05) is 12.4 Å². The van der Waals surface area contributed by atoms with E-state index in [1.54, 1.807) is 12.3 Å². The third-order valence-corrected chi connectivity index (χ3v) is 0.975. The fourth-order valence-corrected chi connectivity index (χ4v) is 0.589. The predicted octanol–water partition coefficient (Wildman–Crippen LogP) is 0.435. The monoisotopic (exact) mass is 129 g/mol. The van der Waals surface area contributed by atoms with Gasteiger partial charge in [-0.3, -0.25) is 4.68 Å². The Balaban J connectivity index is 2.61. The van der Waals surface area contributed by atoms with E-state index in [9.17, 15) is 4.39 Å². The molecule has 0 unspecified atom stereocenters. The van der Waals surface area contributed by atoms with Gasteiger partial charge in [0.15, 0.2) is 0 Å². The molecule has 3 nitrogen and oxygen atoms in total. The molecule has 0 atom stereocenters. The van der Waals surface area contributed by atoms with Gasteiger partial charge in [0.25, 0.3) is 0 Å². The van der Waals surface area contributed by atoms with Crippen LogP contribution in [0.2, 0.25) is 0 Å². The first-order valence-electron chi connectivity index (χ1n) is 2.68. The summed E-state index contributed by atoms with van der Waals surface area (Å²) in [4.78, 5) is 0. The molecular formula is C5H8FN3. The largest absolute Gasteiger partial charge is 0.382 e. The highest BCUT2D eigenvalue weighted by molar-refractivity contribution is 5.23. The van der Waals surface area contributed by atoms with E-state index in [1.807, 2.05) is 0 Å². The van der Waals surface area contributed by atoms with E-state index in [-0.39, 0.29) is 6.54 Å². The number of nitrogens with two attached hydrogens (primary N) is 1. The van der Waals surface area contributed by atoms with Crippen LogP contribution in [0, 0.1) is 0 Å². The van der Waals surface area contributed by atoms with Gasteiger partial charge in [-0.15, -0.1) is 0 Å². The molecule has 0 spiro atoms. The number of rotatable bonds is 2. The smallest absolute Gasteiger partial charge is 0.145 e. The number of hydrogen-bond acceptors (Lipinski definition) is 2. The first-order valence-corrected chi connectivity index (χ1v) is 2.68. The van der Waals surface area contributed by atoms with Crippen molar-refractivity contribution in [3.8, 4) is 0 Å². The summed E-state index contributed by atoms with van der Waals surface area (Å²) in [5, 5.41) is 3.75. The van der Waals surface area contributed by atoms with Crippen LogP contribution in [-0.2, 0) is 6.54 Å². The Morgan fingerprint density at radius 1 is 1.78 bits per heavy atom. The summed E-state index contributed by atoms with van der Waals surface area (Å²) < 4.78 is 13.1. The van der Waals surface area contributed by atoms with Gasteiger partial charge in [0.05, 0.1) is 6.54 Å². The van der Waals surface area contributed by atoms with Gasteiger partial charge in [-0.2, -0.15) is 5.10 Å². The Morgan fingerprint density at radius 3 is 3.00 bits per heavy atom. The second-order valence-electron chi connectivity index (χ2n) is 1.69. The summed E-state index contributed by atoms with van der Waals surface area (Å²) in [6.45, 7) is -0.113. The molecule has 2 N–H and O–H groups in total. The highest BCUT2D eigenvalue weighted by atomic mass is 19.1. The number of alkyl halides is 1. The predicted molar refractivity (Wildman–Crippen MR) is 32.6 cm³/mol. The van der Waals surface area contributed by atoms with Crippen molar-refractivity contribution in [2.45, 2.75) is 6.54 Å². The number of hydrogen-bond donors (Lipinski definition) is 1. The molecule has 50 valence electrons. The Morgan fingerprint density at radius 2 is 2.56 bits per heavy atom. The molecule has 4 heteroatoms. The van der Waals surface area contributed by atoms with Crippen LogP contribution < -0.4 is 5.73 Å². The van der Waals surface area contributed by atoms with E-state index >= 15 is 0 Å². The third kappa shape index (κ3) is 1.42. The number of nitrogen functional groups attached to an aromatic ring is 1. The molecule has 1 heterocycles. The second-order valence-corrected chi connectivity index (χ2v) is 1.69. The minimum atomic E-state index is -0.402. The average Bonchev–Trinajstić information content (AvgIpc) is 2.17. The van der Waals surface area contributed by atoms with Crippen LogP contribution in [0.15, 0.2) is 12.3 Å². The summed E-state index contributed by atoms with van der Waals surface area (Å²) >= 11 is 0. The topological polar surface area (TPSA) is 43.8 Å². The van der Waals surface area contributed by atoms with E-state index in [0.717, 1.165) is 0 Å². The van der Waals surface area contributed by atoms with Crippen molar-refractivity contribution in [3.05, 3.63) is 12.3 Å². The summed E-state index contributed by atoms with van der Waals surface area (Å²) in [6, 6.07) is 1.63. The standard InChI is InChI=1S/C5H8FN3/c6-2-4-9-3-1-5(7)8-9/h1,3H,2,4H2,(H2,7,8). The summed E-state index contributed by atoms with van der Waals surface area (Å²) in [5.41, 5.74) is 5.25. The zero-order valence-corrected chi connectivity index (χ0v) is 4.92. The quantitative estimate of drug-likeness (QED) is 0.629. The molecule has 0 aliphatic heterocycles. The van der Waals surface area contributed by atoms with Crippen LogP contribution in [0.3, 0.4) is 0 Å². The minimum Gasteiger partial charge on any atom is -0.382 e. The molecule has 9 heavy (non-hydrogen) atoms. The van der Waals surface area contributed by atoms with Crippen LogP contribution in [0.5, 0.6) is 0 Å². The fraction of sp³-hybridized carbons (Fsp3) is 0.400. The second kappa shape index (κ2) is 2.48. The lowest BCUT2D eigenvalue weighted by Crippen LogP contribution is -2.00. The molecule has 0 saturated carbocycles. The molecule has 0 amide bonds. The van der Waals surface area contributed by atoms with Crippen molar-refractivity contribution in [3.63, 3.8) is 0 Å². The molecule has 0 fully saturated rings. The summed E-state index contributed by atoms with van der Waals surface area (Å²) in [6.07, 6.45) is 1.65. The lowest BCUT2D eigenvalue weighted by Gasteiger charge is -1.91. The van der Waals surface area contributed by atoms with E-state index in [4.69, 9.17) is 5.73 Å². The molecule has 0 radical (unpaired) electrons. The molecule has 0 saturated heterocycles. The van der Waals surface area contributed by atoms with Gasteiger partial charge in [-0.25, -0.2) is 4.39 Å². The molecule has 0 aliphatic rings. The Hall–Kier alpha value is -1.06. The van der Waals surface area contributed by atoms with Crippen molar-refractivity contribution >= 4 is 5.82 Å². The number of anilines is 1. The maximum absolute atomic E-state index is 11.6. The van der Waals surface area contributed by atoms with E-state index in [2.05, 4.69) is 5.10 Å². The van der Waals surface area contributed by atoms with Crippen LogP contribution in [-0.4, -0.2) is 16.5 Å². The summed E-state index contributed by atoms with van der Waals surface area (Å²) in [5.74, 6) is 0.434. The SMILES string of the molecule is Nc1ccn(CCF)n1. The first kappa shape index (κ1) is 6.07. The van der Waals surface area contributed by atoms with Crippen LogP contribution in [0.1, 0.15) is 0 Å². The number of halogens is 1. The van der Waals surface area contributed by atoms with Gasteiger partial charge in [-0.05, 0) is 6.07 Å². The van der Waals surface area contributed by atoms with Crippen molar-refractivity contribution in [1.29, 1.82) is 0 Å². The van der Waals surface area contributed by atoms with Gasteiger partial charge >= 0.3 is 0 Å². The fourth-order valence-electron chi connectivity index (χ4n) is 0.589. The maximum atomic E-state index is 11.6. The summed E-state index contributed by atoms with van der Waals surface area (Å²) in [7, 11) is 0. The van der Waals surface area contributed by atoms with Crippen LogP contribution >= 0.6 is 0 Å². The van der Waals surface area contributed by atoms with Crippen LogP contribution in [0.25, 0.3) is 0 Å². The molecule has 0 aliphatic carbocycles. The van der Waals surface area contributed by atoms with E-state index in [1.165, 1.54) is 4.68 Å². The molecular weight excluding hydrogens is 121 g/mol. The number of aryl methyl sites for hydroxylation is 1. The lowest BCUT2D eigenvalue weighted by molar-refractivity contribution is 0.428. The highest BCUT2D eigenvalue weighted by Gasteiger charge is 1.90. The first-order chi connectivity index (χ1) is 4.33. The zero-order chi connectivity index (χ0) is 6.69. The van der Waals surface area contributed by atoms with Crippen molar-refractivity contribution in [2.24, 2.45) is 0 Å². The van der Waals surface area contributed by atoms with Gasteiger partial charge in [0, 0.05) is 6.20 Å². The van der Waals surface area contributed by atoms with Crippen LogP contribution in [0.4, 0.5) is 10.2 Å². The van der Waals surface area contributed by atoms with Gasteiger partial charge in [0.2, 0.25) is 0 Å². The third-order valence-electron chi connectivity index (χ3n) is 0.975. The minimum absolute atomic E-state index is 0.289. The Labute approximate surface area is 52.3 Å². The molecule has 1 aromatic rings. The van der Waals surface area contributed by atoms with E-state index in [0.29, 0.717) is 5.82 Å².